The first-order valence-corrected chi connectivity index (χ1v) is 12.1. The van der Waals surface area contributed by atoms with Crippen molar-refractivity contribution in [1.29, 1.82) is 0 Å². The molecule has 1 amide bonds. The van der Waals surface area contributed by atoms with E-state index in [2.05, 4.69) is 16.9 Å². The van der Waals surface area contributed by atoms with Crippen LogP contribution in [-0.2, 0) is 5.54 Å². The van der Waals surface area contributed by atoms with E-state index in [1.807, 2.05) is 55.1 Å². The number of amides is 1. The van der Waals surface area contributed by atoms with Crippen molar-refractivity contribution < 1.29 is 4.79 Å². The molecule has 1 fully saturated rings. The third-order valence-corrected chi connectivity index (χ3v) is 7.93. The molecule has 0 saturated carbocycles. The van der Waals surface area contributed by atoms with Crippen molar-refractivity contribution in [1.82, 2.24) is 19.9 Å². The van der Waals surface area contributed by atoms with Crippen LogP contribution in [0.15, 0.2) is 36.4 Å². The van der Waals surface area contributed by atoms with Crippen LogP contribution < -0.4 is 0 Å². The van der Waals surface area contributed by atoms with Gasteiger partial charge in [0.15, 0.2) is 0 Å². The van der Waals surface area contributed by atoms with Gasteiger partial charge in [-0.05, 0) is 69.0 Å². The lowest BCUT2D eigenvalue weighted by Crippen LogP contribution is -2.44. The van der Waals surface area contributed by atoms with Gasteiger partial charge in [-0.1, -0.05) is 35.3 Å². The highest BCUT2D eigenvalue weighted by molar-refractivity contribution is 7.15. The Morgan fingerprint density at radius 2 is 2.00 bits per heavy atom. The minimum atomic E-state index is -0.557. The molecule has 1 saturated heterocycles. The number of hydrogen-bond donors (Lipinski definition) is 1. The summed E-state index contributed by atoms with van der Waals surface area (Å²) >= 11 is 14.0. The maximum Gasteiger partial charge on any atom is 0.274 e. The van der Waals surface area contributed by atoms with Crippen molar-refractivity contribution in [2.75, 3.05) is 6.54 Å². The van der Waals surface area contributed by atoms with Gasteiger partial charge in [-0.2, -0.15) is 0 Å². The molecular formula is C24H22Cl2N4OS. The number of hydrogen-bond acceptors (Lipinski definition) is 4. The topological polar surface area (TPSA) is 61.9 Å². The molecule has 3 heterocycles. The van der Waals surface area contributed by atoms with Crippen molar-refractivity contribution in [3.63, 3.8) is 0 Å². The van der Waals surface area contributed by atoms with Crippen LogP contribution in [0.4, 0.5) is 0 Å². The molecule has 8 heteroatoms. The fourth-order valence-electron chi connectivity index (χ4n) is 4.50. The van der Waals surface area contributed by atoms with Gasteiger partial charge in [-0.15, -0.1) is 11.3 Å². The Hall–Kier alpha value is -2.41. The quantitative estimate of drug-likeness (QED) is 0.349. The Morgan fingerprint density at radius 1 is 1.19 bits per heavy atom. The van der Waals surface area contributed by atoms with Crippen LogP contribution in [-0.4, -0.2) is 32.3 Å². The number of thiazole rings is 1. The second-order valence-corrected chi connectivity index (χ2v) is 10.5. The Balaban J connectivity index is 1.57. The summed E-state index contributed by atoms with van der Waals surface area (Å²) in [6, 6.07) is 11.4. The molecule has 1 N–H and O–H groups in total. The second-order valence-electron chi connectivity index (χ2n) is 8.41. The predicted octanol–water partition coefficient (Wildman–Crippen LogP) is 6.76. The summed E-state index contributed by atoms with van der Waals surface area (Å²) in [5, 5.41) is 2.16. The molecule has 0 bridgehead atoms. The predicted molar refractivity (Wildman–Crippen MR) is 131 cm³/mol. The Labute approximate surface area is 200 Å². The van der Waals surface area contributed by atoms with E-state index in [1.165, 1.54) is 11.3 Å². The normalized spacial score (nSPS) is 18.6. The van der Waals surface area contributed by atoms with Gasteiger partial charge in [0.1, 0.15) is 11.5 Å². The number of likely N-dealkylation sites (tertiary alicyclic amines) is 1. The lowest BCUT2D eigenvalue weighted by Gasteiger charge is -2.33. The molecule has 0 radical (unpaired) electrons. The maximum atomic E-state index is 13.8. The van der Waals surface area contributed by atoms with Crippen LogP contribution in [0.25, 0.3) is 21.5 Å². The number of halogens is 2. The van der Waals surface area contributed by atoms with E-state index >= 15 is 0 Å². The largest absolute Gasteiger partial charge is 0.340 e. The van der Waals surface area contributed by atoms with Gasteiger partial charge >= 0.3 is 0 Å². The summed E-state index contributed by atoms with van der Waals surface area (Å²) in [6.07, 6.45) is 1.72. The number of fused-ring (bicyclic) bond motifs is 1. The highest BCUT2D eigenvalue weighted by atomic mass is 35.5. The number of aryl methyl sites for hydroxylation is 2. The van der Waals surface area contributed by atoms with E-state index in [4.69, 9.17) is 28.2 Å². The van der Waals surface area contributed by atoms with Gasteiger partial charge in [0.05, 0.1) is 26.5 Å². The zero-order valence-corrected chi connectivity index (χ0v) is 20.3. The van der Waals surface area contributed by atoms with Gasteiger partial charge in [0, 0.05) is 16.6 Å². The number of carbonyl (C=O) groups is 1. The first-order chi connectivity index (χ1) is 15.3. The minimum absolute atomic E-state index is 0.0838. The van der Waals surface area contributed by atoms with Crippen LogP contribution in [0.2, 0.25) is 10.0 Å². The SMILES string of the molecule is Cc1nc(C(=O)N2CCCC2(C)c2nc3c(C)c(Cl)ccc3[nH]2)c(-c2cccc(Cl)c2)s1. The second kappa shape index (κ2) is 7.87. The van der Waals surface area contributed by atoms with E-state index in [1.54, 1.807) is 0 Å². The van der Waals surface area contributed by atoms with Gasteiger partial charge in [-0.25, -0.2) is 9.97 Å². The molecular weight excluding hydrogens is 463 g/mol. The van der Waals surface area contributed by atoms with Gasteiger partial charge < -0.3 is 9.88 Å². The number of benzene rings is 2. The fourth-order valence-corrected chi connectivity index (χ4v) is 5.75. The number of carbonyl (C=O) groups excluding carboxylic acids is 1. The standard InChI is InChI=1S/C24H22Cl2N4OS/c1-13-17(26)8-9-18-19(13)29-23(28-18)24(3)10-5-11-30(24)22(31)20-21(32-14(2)27-20)15-6-4-7-16(25)12-15/h4,6-9,12H,5,10-11H2,1-3H3,(H,28,29). The van der Waals surface area contributed by atoms with E-state index in [0.29, 0.717) is 22.3 Å². The molecule has 5 rings (SSSR count). The van der Waals surface area contributed by atoms with Crippen molar-refractivity contribution in [2.45, 2.75) is 39.2 Å². The van der Waals surface area contributed by atoms with E-state index in [0.717, 1.165) is 50.7 Å². The molecule has 5 nitrogen and oxygen atoms in total. The maximum absolute atomic E-state index is 13.8. The van der Waals surface area contributed by atoms with Crippen LogP contribution in [0, 0.1) is 13.8 Å². The molecule has 1 aliphatic rings. The van der Waals surface area contributed by atoms with Crippen LogP contribution in [0.5, 0.6) is 0 Å². The average molecular weight is 485 g/mol. The first kappa shape index (κ1) is 21.4. The number of nitrogens with zero attached hydrogens (tertiary/aromatic N) is 3. The molecule has 2 aromatic heterocycles. The fraction of sp³-hybridized carbons (Fsp3) is 0.292. The van der Waals surface area contributed by atoms with Crippen molar-refractivity contribution in [3.05, 3.63) is 68.5 Å². The number of imidazole rings is 1. The lowest BCUT2D eigenvalue weighted by molar-refractivity contribution is 0.0601. The molecule has 4 aromatic rings. The van der Waals surface area contributed by atoms with Gasteiger partial charge in [-0.3, -0.25) is 4.79 Å². The molecule has 32 heavy (non-hydrogen) atoms. The van der Waals surface area contributed by atoms with E-state index in [9.17, 15) is 4.79 Å². The molecule has 1 unspecified atom stereocenters. The minimum Gasteiger partial charge on any atom is -0.340 e. The Bertz CT molecular complexity index is 1360. The molecule has 1 aliphatic heterocycles. The third-order valence-electron chi connectivity index (χ3n) is 6.26. The molecule has 0 spiro atoms. The Kier molecular flexibility index (Phi) is 5.27. The number of H-pyrrole nitrogens is 1. The summed E-state index contributed by atoms with van der Waals surface area (Å²) in [5.41, 5.74) is 3.52. The summed E-state index contributed by atoms with van der Waals surface area (Å²) in [7, 11) is 0. The monoisotopic (exact) mass is 484 g/mol. The summed E-state index contributed by atoms with van der Waals surface area (Å²) in [5.74, 6) is 0.694. The average Bonchev–Trinajstić information content (AvgIpc) is 3.47. The van der Waals surface area contributed by atoms with Crippen molar-refractivity contribution in [3.8, 4) is 10.4 Å². The molecule has 1 atom stereocenters. The Morgan fingerprint density at radius 3 is 2.78 bits per heavy atom. The number of rotatable bonds is 3. The molecule has 0 aliphatic carbocycles. The smallest absolute Gasteiger partial charge is 0.274 e. The molecule has 164 valence electrons. The lowest BCUT2D eigenvalue weighted by atomic mass is 9.97. The summed E-state index contributed by atoms with van der Waals surface area (Å²) in [4.78, 5) is 29.5. The highest BCUT2D eigenvalue weighted by Gasteiger charge is 2.45. The van der Waals surface area contributed by atoms with Crippen LogP contribution >= 0.6 is 34.5 Å². The van der Waals surface area contributed by atoms with E-state index < -0.39 is 5.54 Å². The summed E-state index contributed by atoms with van der Waals surface area (Å²) in [6.45, 7) is 6.61. The van der Waals surface area contributed by atoms with Gasteiger partial charge in [0.2, 0.25) is 0 Å². The number of aromatic nitrogens is 3. The van der Waals surface area contributed by atoms with Crippen LogP contribution in [0.1, 0.15) is 46.6 Å². The first-order valence-electron chi connectivity index (χ1n) is 10.5. The zero-order valence-electron chi connectivity index (χ0n) is 18.0. The number of nitrogens with one attached hydrogen (secondary N) is 1. The number of aromatic amines is 1. The van der Waals surface area contributed by atoms with Gasteiger partial charge in [0.25, 0.3) is 5.91 Å². The zero-order chi connectivity index (χ0) is 22.6. The van der Waals surface area contributed by atoms with Crippen molar-refractivity contribution >= 4 is 51.5 Å². The van der Waals surface area contributed by atoms with E-state index in [-0.39, 0.29) is 5.91 Å². The van der Waals surface area contributed by atoms with Crippen LogP contribution in [0.3, 0.4) is 0 Å². The van der Waals surface area contributed by atoms with Crippen molar-refractivity contribution in [2.24, 2.45) is 0 Å². The third kappa shape index (κ3) is 3.41. The highest BCUT2D eigenvalue weighted by Crippen LogP contribution is 2.41. The summed E-state index contributed by atoms with van der Waals surface area (Å²) < 4.78 is 0. The molecule has 2 aromatic carbocycles.